The molecule has 3 rings (SSSR count). The predicted molar refractivity (Wildman–Crippen MR) is 84.9 cm³/mol. The summed E-state index contributed by atoms with van der Waals surface area (Å²) in [6, 6.07) is 0.151. The van der Waals surface area contributed by atoms with E-state index in [4.69, 9.17) is 0 Å². The predicted octanol–water partition coefficient (Wildman–Crippen LogP) is 1.84. The van der Waals surface area contributed by atoms with Crippen molar-refractivity contribution in [3.63, 3.8) is 0 Å². The Bertz CT molecular complexity index is 675. The molecule has 1 aliphatic rings. The summed E-state index contributed by atoms with van der Waals surface area (Å²) in [7, 11) is 0. The molecule has 0 aliphatic carbocycles. The van der Waals surface area contributed by atoms with Gasteiger partial charge in [-0.05, 0) is 13.3 Å². The highest BCUT2D eigenvalue weighted by molar-refractivity contribution is 7.09. The third-order valence-corrected chi connectivity index (χ3v) is 5.10. The minimum Gasteiger partial charge on any atom is -0.351 e. The number of hydrogen-bond donors (Lipinski definition) is 1. The largest absolute Gasteiger partial charge is 0.351 e. The lowest BCUT2D eigenvalue weighted by atomic mass is 10.1. The number of fused-ring (bicyclic) bond motifs is 1. The lowest BCUT2D eigenvalue weighted by molar-refractivity contribution is -0.121. The number of thiazole rings is 1. The van der Waals surface area contributed by atoms with E-state index in [1.165, 1.54) is 0 Å². The third kappa shape index (κ3) is 3.19. The van der Waals surface area contributed by atoms with Crippen molar-refractivity contribution < 1.29 is 4.79 Å². The number of nitrogens with one attached hydrogen (secondary N) is 1. The van der Waals surface area contributed by atoms with Gasteiger partial charge >= 0.3 is 0 Å². The molecule has 0 unspecified atom stereocenters. The second kappa shape index (κ2) is 6.16. The van der Waals surface area contributed by atoms with E-state index >= 15 is 0 Å². The molecule has 0 saturated carbocycles. The van der Waals surface area contributed by atoms with E-state index < -0.39 is 0 Å². The summed E-state index contributed by atoms with van der Waals surface area (Å²) in [5, 5.41) is 14.4. The molecule has 118 valence electrons. The van der Waals surface area contributed by atoms with Crippen LogP contribution in [0.25, 0.3) is 0 Å². The van der Waals surface area contributed by atoms with Crippen molar-refractivity contribution in [2.75, 3.05) is 0 Å². The van der Waals surface area contributed by atoms with Crippen molar-refractivity contribution in [2.24, 2.45) is 0 Å². The molecule has 0 spiro atoms. The first kappa shape index (κ1) is 15.1. The summed E-state index contributed by atoms with van der Waals surface area (Å²) < 4.78 is 2.09. The molecule has 1 atom stereocenters. The molecule has 22 heavy (non-hydrogen) atoms. The topological polar surface area (TPSA) is 72.7 Å². The van der Waals surface area contributed by atoms with E-state index in [9.17, 15) is 4.79 Å². The van der Waals surface area contributed by atoms with Crippen LogP contribution < -0.4 is 5.32 Å². The molecular formula is C15H21N5OS. The Morgan fingerprint density at radius 2 is 2.32 bits per heavy atom. The highest BCUT2D eigenvalue weighted by Gasteiger charge is 2.23. The molecular weight excluding hydrogens is 298 g/mol. The molecule has 0 aromatic carbocycles. The molecule has 7 heteroatoms. The van der Waals surface area contributed by atoms with Gasteiger partial charge in [0.2, 0.25) is 5.91 Å². The van der Waals surface area contributed by atoms with Crippen LogP contribution >= 0.6 is 11.3 Å². The number of amides is 1. The molecule has 0 bridgehead atoms. The molecule has 1 amide bonds. The van der Waals surface area contributed by atoms with Gasteiger partial charge in [0.1, 0.15) is 11.6 Å². The number of carbonyl (C=O) groups is 1. The molecule has 2 aromatic rings. The fourth-order valence-corrected chi connectivity index (χ4v) is 3.53. The maximum atomic E-state index is 12.2. The number of hydrogen-bond acceptors (Lipinski definition) is 5. The lowest BCUT2D eigenvalue weighted by Crippen LogP contribution is -2.41. The number of nitrogens with zero attached hydrogens (tertiary/aromatic N) is 4. The lowest BCUT2D eigenvalue weighted by Gasteiger charge is -2.24. The van der Waals surface area contributed by atoms with E-state index in [0.29, 0.717) is 12.3 Å². The highest BCUT2D eigenvalue weighted by atomic mass is 32.1. The van der Waals surface area contributed by atoms with Crippen LogP contribution in [-0.4, -0.2) is 31.7 Å². The molecule has 3 heterocycles. The molecule has 2 aromatic heterocycles. The number of aromatic nitrogens is 4. The van der Waals surface area contributed by atoms with Crippen LogP contribution in [0.2, 0.25) is 0 Å². The minimum atomic E-state index is 0.0415. The van der Waals surface area contributed by atoms with Crippen LogP contribution in [0.1, 0.15) is 48.5 Å². The first-order chi connectivity index (χ1) is 10.5. The summed E-state index contributed by atoms with van der Waals surface area (Å²) >= 11 is 1.63. The van der Waals surface area contributed by atoms with Crippen LogP contribution in [0, 0.1) is 6.92 Å². The minimum absolute atomic E-state index is 0.0415. The second-order valence-electron chi connectivity index (χ2n) is 6.09. The van der Waals surface area contributed by atoms with Crippen LogP contribution in [-0.2, 0) is 24.2 Å². The van der Waals surface area contributed by atoms with Crippen molar-refractivity contribution in [3.05, 3.63) is 27.7 Å². The van der Waals surface area contributed by atoms with Crippen LogP contribution in [0.3, 0.4) is 0 Å². The van der Waals surface area contributed by atoms with Crippen LogP contribution in [0.15, 0.2) is 5.38 Å². The molecule has 0 fully saturated rings. The second-order valence-corrected chi connectivity index (χ2v) is 6.98. The Morgan fingerprint density at radius 3 is 3.05 bits per heavy atom. The quantitative estimate of drug-likeness (QED) is 0.933. The van der Waals surface area contributed by atoms with E-state index in [0.717, 1.165) is 41.7 Å². The zero-order valence-electron chi connectivity index (χ0n) is 13.2. The first-order valence-electron chi connectivity index (χ1n) is 7.65. The smallest absolute Gasteiger partial charge is 0.226 e. The Balaban J connectivity index is 1.57. The Kier molecular flexibility index (Phi) is 4.24. The van der Waals surface area contributed by atoms with Gasteiger partial charge in [-0.3, -0.25) is 4.79 Å². The Hall–Kier alpha value is -1.76. The summed E-state index contributed by atoms with van der Waals surface area (Å²) in [4.78, 5) is 16.7. The van der Waals surface area contributed by atoms with E-state index in [1.807, 2.05) is 12.3 Å². The van der Waals surface area contributed by atoms with Gasteiger partial charge in [0, 0.05) is 30.3 Å². The molecule has 1 N–H and O–H groups in total. The van der Waals surface area contributed by atoms with Gasteiger partial charge in [-0.2, -0.15) is 0 Å². The summed E-state index contributed by atoms with van der Waals surface area (Å²) in [6.45, 7) is 6.94. The molecule has 0 saturated heterocycles. The van der Waals surface area contributed by atoms with Crippen molar-refractivity contribution in [1.29, 1.82) is 0 Å². The maximum absolute atomic E-state index is 12.2. The van der Waals surface area contributed by atoms with Crippen molar-refractivity contribution in [3.8, 4) is 0 Å². The zero-order valence-corrected chi connectivity index (χ0v) is 14.0. The van der Waals surface area contributed by atoms with E-state index in [-0.39, 0.29) is 11.9 Å². The van der Waals surface area contributed by atoms with Crippen molar-refractivity contribution in [1.82, 2.24) is 25.1 Å². The SMILES string of the molecule is Cc1nnc2n1C[C@@H](NC(=O)Cc1csc(C(C)C)n1)CC2. The molecule has 6 nitrogen and oxygen atoms in total. The standard InChI is InChI=1S/C15H21N5OS/c1-9(2)15-17-12(8-22-15)6-14(21)16-11-4-5-13-19-18-10(3)20(13)7-11/h8-9,11H,4-7H2,1-3H3,(H,16,21)/t11-/m0/s1. The maximum Gasteiger partial charge on any atom is 0.226 e. The van der Waals surface area contributed by atoms with Gasteiger partial charge in [-0.15, -0.1) is 21.5 Å². The van der Waals surface area contributed by atoms with E-state index in [2.05, 4.69) is 38.9 Å². The van der Waals surface area contributed by atoms with Gasteiger partial charge < -0.3 is 9.88 Å². The highest BCUT2D eigenvalue weighted by Crippen LogP contribution is 2.19. The van der Waals surface area contributed by atoms with Crippen molar-refractivity contribution >= 4 is 17.2 Å². The fourth-order valence-electron chi connectivity index (χ4n) is 2.69. The normalized spacial score (nSPS) is 17.5. The van der Waals surface area contributed by atoms with Crippen molar-refractivity contribution in [2.45, 2.75) is 58.5 Å². The monoisotopic (exact) mass is 319 g/mol. The molecule has 0 radical (unpaired) electrons. The molecule has 1 aliphatic heterocycles. The summed E-state index contributed by atoms with van der Waals surface area (Å²) in [5.74, 6) is 2.38. The van der Waals surface area contributed by atoms with Gasteiger partial charge in [-0.25, -0.2) is 4.98 Å². The number of aryl methyl sites for hydroxylation is 2. The summed E-state index contributed by atoms with van der Waals surface area (Å²) in [6.07, 6.45) is 2.13. The third-order valence-electron chi connectivity index (χ3n) is 3.90. The Labute approximate surface area is 134 Å². The Morgan fingerprint density at radius 1 is 1.50 bits per heavy atom. The van der Waals surface area contributed by atoms with Crippen LogP contribution in [0.5, 0.6) is 0 Å². The zero-order chi connectivity index (χ0) is 15.7. The summed E-state index contributed by atoms with van der Waals surface area (Å²) in [5.41, 5.74) is 0.864. The van der Waals surface area contributed by atoms with Gasteiger partial charge in [0.15, 0.2) is 0 Å². The van der Waals surface area contributed by atoms with Crippen LogP contribution in [0.4, 0.5) is 0 Å². The average Bonchev–Trinajstić information content (AvgIpc) is 3.07. The average molecular weight is 319 g/mol. The fraction of sp³-hybridized carbons (Fsp3) is 0.600. The number of rotatable bonds is 4. The van der Waals surface area contributed by atoms with Gasteiger partial charge in [0.25, 0.3) is 0 Å². The van der Waals surface area contributed by atoms with Gasteiger partial charge in [-0.1, -0.05) is 13.8 Å². The van der Waals surface area contributed by atoms with Gasteiger partial charge in [0.05, 0.1) is 17.1 Å². The first-order valence-corrected chi connectivity index (χ1v) is 8.53. The number of carbonyl (C=O) groups excluding carboxylic acids is 1. The van der Waals surface area contributed by atoms with E-state index in [1.54, 1.807) is 11.3 Å².